The number of halogens is 1. The van der Waals surface area contributed by atoms with E-state index in [4.69, 9.17) is 11.6 Å². The molecule has 3 heterocycles. The normalized spacial score (nSPS) is 23.6. The van der Waals surface area contributed by atoms with Gasteiger partial charge in [-0.1, -0.05) is 17.7 Å². The number of aromatic nitrogens is 1. The third-order valence-corrected chi connectivity index (χ3v) is 5.91. The summed E-state index contributed by atoms with van der Waals surface area (Å²) in [7, 11) is 0. The van der Waals surface area contributed by atoms with Crippen molar-refractivity contribution in [3.05, 3.63) is 59.4 Å². The maximum atomic E-state index is 12.9. The topological polar surface area (TPSA) is 61.2 Å². The molecule has 2 aliphatic rings. The lowest BCUT2D eigenvalue weighted by atomic mass is 9.88. The summed E-state index contributed by atoms with van der Waals surface area (Å²) in [4.78, 5) is 30.2. The number of amides is 1. The highest BCUT2D eigenvalue weighted by Crippen LogP contribution is 2.31. The van der Waals surface area contributed by atoms with E-state index in [1.54, 1.807) is 18.7 Å². The Morgan fingerprint density at radius 2 is 2.07 bits per heavy atom. The van der Waals surface area contributed by atoms with Gasteiger partial charge < -0.3 is 9.80 Å². The molecule has 7 heteroatoms. The Balaban J connectivity index is 1.38. The highest BCUT2D eigenvalue weighted by molar-refractivity contribution is 6.30. The van der Waals surface area contributed by atoms with Gasteiger partial charge in [-0.3, -0.25) is 14.8 Å². The minimum absolute atomic E-state index is 0.159. The van der Waals surface area contributed by atoms with Crippen LogP contribution in [0.3, 0.4) is 0 Å². The SMILES string of the molecule is CC1CN(C(=O)CCC2(c3cccnc3)C=NC=N2)CCN1c1ccc(Cl)cc1. The van der Waals surface area contributed by atoms with Crippen LogP contribution < -0.4 is 4.90 Å². The van der Waals surface area contributed by atoms with E-state index >= 15 is 0 Å². The van der Waals surface area contributed by atoms with Gasteiger partial charge in [0.15, 0.2) is 0 Å². The van der Waals surface area contributed by atoms with Crippen molar-refractivity contribution in [2.45, 2.75) is 31.3 Å². The second-order valence-electron chi connectivity index (χ2n) is 7.55. The number of carbonyl (C=O) groups is 1. The molecule has 2 atom stereocenters. The van der Waals surface area contributed by atoms with Gasteiger partial charge in [0, 0.05) is 67.0 Å². The maximum Gasteiger partial charge on any atom is 0.222 e. The summed E-state index contributed by atoms with van der Waals surface area (Å²) < 4.78 is 0. The Bertz CT molecular complexity index is 901. The molecular formula is C22H24ClN5O. The molecular weight excluding hydrogens is 386 g/mol. The third kappa shape index (κ3) is 4.17. The van der Waals surface area contributed by atoms with Gasteiger partial charge in [0.25, 0.3) is 0 Å². The Kier molecular flexibility index (Phi) is 5.62. The molecule has 1 aromatic carbocycles. The lowest BCUT2D eigenvalue weighted by molar-refractivity contribution is -0.132. The largest absolute Gasteiger partial charge is 0.365 e. The Hall–Kier alpha value is -2.73. The van der Waals surface area contributed by atoms with Crippen LogP contribution in [0.1, 0.15) is 25.3 Å². The van der Waals surface area contributed by atoms with Crippen molar-refractivity contribution in [3.63, 3.8) is 0 Å². The van der Waals surface area contributed by atoms with Crippen LogP contribution in [-0.4, -0.2) is 54.0 Å². The number of hydrogen-bond acceptors (Lipinski definition) is 5. The second kappa shape index (κ2) is 8.33. The Morgan fingerprint density at radius 1 is 1.24 bits per heavy atom. The standard InChI is InChI=1S/C22H24ClN5O/c1-17-14-27(11-12-28(17)20-6-4-19(23)5-7-20)21(29)8-9-22(15-25-16-26-22)18-3-2-10-24-13-18/h2-7,10,13,15-17H,8-9,11-12,14H2,1H3. The van der Waals surface area contributed by atoms with Crippen molar-refractivity contribution in [3.8, 4) is 0 Å². The first-order chi connectivity index (χ1) is 14.1. The number of anilines is 1. The quantitative estimate of drug-likeness (QED) is 0.758. The average Bonchev–Trinajstić information content (AvgIpc) is 3.24. The highest BCUT2D eigenvalue weighted by atomic mass is 35.5. The summed E-state index contributed by atoms with van der Waals surface area (Å²) >= 11 is 6.00. The molecule has 1 aromatic heterocycles. The minimum Gasteiger partial charge on any atom is -0.365 e. The molecule has 0 radical (unpaired) electrons. The van der Waals surface area contributed by atoms with Gasteiger partial charge >= 0.3 is 0 Å². The number of carbonyl (C=O) groups excluding carboxylic acids is 1. The predicted molar refractivity (Wildman–Crippen MR) is 117 cm³/mol. The van der Waals surface area contributed by atoms with Crippen LogP contribution >= 0.6 is 11.6 Å². The van der Waals surface area contributed by atoms with E-state index in [2.05, 4.69) is 26.8 Å². The van der Waals surface area contributed by atoms with E-state index < -0.39 is 5.54 Å². The molecule has 4 rings (SSSR count). The summed E-state index contributed by atoms with van der Waals surface area (Å²) in [5.41, 5.74) is 1.52. The molecule has 2 unspecified atom stereocenters. The summed E-state index contributed by atoms with van der Waals surface area (Å²) in [6.07, 6.45) is 7.92. The number of benzene rings is 1. The van der Waals surface area contributed by atoms with E-state index in [-0.39, 0.29) is 11.9 Å². The summed E-state index contributed by atoms with van der Waals surface area (Å²) in [5, 5.41) is 0.732. The number of rotatable bonds is 5. The van der Waals surface area contributed by atoms with Crippen molar-refractivity contribution in [1.29, 1.82) is 0 Å². The zero-order chi connectivity index (χ0) is 20.3. The lowest BCUT2D eigenvalue weighted by Crippen LogP contribution is -2.54. The van der Waals surface area contributed by atoms with Crippen molar-refractivity contribution >= 4 is 35.7 Å². The molecule has 0 aliphatic carbocycles. The number of aliphatic imine (C=N–C) groups is 2. The highest BCUT2D eigenvalue weighted by Gasteiger charge is 2.34. The van der Waals surface area contributed by atoms with Gasteiger partial charge in [-0.15, -0.1) is 0 Å². The summed E-state index contributed by atoms with van der Waals surface area (Å²) in [6, 6.07) is 12.0. The fraction of sp³-hybridized carbons (Fsp3) is 0.364. The van der Waals surface area contributed by atoms with E-state index in [0.29, 0.717) is 25.9 Å². The van der Waals surface area contributed by atoms with Crippen LogP contribution in [0.5, 0.6) is 0 Å². The zero-order valence-corrected chi connectivity index (χ0v) is 17.2. The molecule has 1 fully saturated rings. The molecule has 150 valence electrons. The summed E-state index contributed by atoms with van der Waals surface area (Å²) in [6.45, 7) is 4.38. The first-order valence-electron chi connectivity index (χ1n) is 9.86. The lowest BCUT2D eigenvalue weighted by Gasteiger charge is -2.41. The van der Waals surface area contributed by atoms with Crippen molar-refractivity contribution in [2.75, 3.05) is 24.5 Å². The van der Waals surface area contributed by atoms with E-state index in [9.17, 15) is 4.79 Å². The van der Waals surface area contributed by atoms with Crippen molar-refractivity contribution in [2.24, 2.45) is 9.98 Å². The molecule has 1 saturated heterocycles. The number of pyridine rings is 1. The minimum atomic E-state index is -0.583. The van der Waals surface area contributed by atoms with Gasteiger partial charge in [-0.05, 0) is 43.7 Å². The first kappa shape index (κ1) is 19.6. The van der Waals surface area contributed by atoms with Crippen molar-refractivity contribution in [1.82, 2.24) is 9.88 Å². The van der Waals surface area contributed by atoms with Crippen molar-refractivity contribution < 1.29 is 4.79 Å². The smallest absolute Gasteiger partial charge is 0.222 e. The van der Waals surface area contributed by atoms with Gasteiger partial charge in [0.1, 0.15) is 11.9 Å². The van der Waals surface area contributed by atoms with Crippen LogP contribution in [0, 0.1) is 0 Å². The molecule has 0 spiro atoms. The number of hydrogen-bond donors (Lipinski definition) is 0. The Labute approximate surface area is 175 Å². The molecule has 0 saturated carbocycles. The van der Waals surface area contributed by atoms with E-state index in [0.717, 1.165) is 22.8 Å². The maximum absolute atomic E-state index is 12.9. The summed E-state index contributed by atoms with van der Waals surface area (Å²) in [5.74, 6) is 0.159. The van der Waals surface area contributed by atoms with Crippen LogP contribution in [0.4, 0.5) is 5.69 Å². The molecule has 0 N–H and O–H groups in total. The molecule has 2 aliphatic heterocycles. The third-order valence-electron chi connectivity index (χ3n) is 5.66. The van der Waals surface area contributed by atoms with Gasteiger partial charge in [-0.2, -0.15) is 0 Å². The van der Waals surface area contributed by atoms with Gasteiger partial charge in [0.05, 0.1) is 0 Å². The fourth-order valence-corrected chi connectivity index (χ4v) is 4.15. The van der Waals surface area contributed by atoms with E-state index in [1.165, 1.54) is 0 Å². The molecule has 2 aromatic rings. The van der Waals surface area contributed by atoms with E-state index in [1.807, 2.05) is 47.5 Å². The molecule has 29 heavy (non-hydrogen) atoms. The zero-order valence-electron chi connectivity index (χ0n) is 16.4. The molecule has 1 amide bonds. The van der Waals surface area contributed by atoms with Crippen LogP contribution in [-0.2, 0) is 10.3 Å². The van der Waals surface area contributed by atoms with Gasteiger partial charge in [-0.25, -0.2) is 4.99 Å². The van der Waals surface area contributed by atoms with Gasteiger partial charge in [0.2, 0.25) is 5.91 Å². The Morgan fingerprint density at radius 3 is 2.72 bits per heavy atom. The fourth-order valence-electron chi connectivity index (χ4n) is 4.02. The number of nitrogens with zero attached hydrogens (tertiary/aromatic N) is 5. The number of piperazine rings is 1. The monoisotopic (exact) mass is 409 g/mol. The molecule has 6 nitrogen and oxygen atoms in total. The first-order valence-corrected chi connectivity index (χ1v) is 10.2. The molecule has 0 bridgehead atoms. The van der Waals surface area contributed by atoms with Crippen LogP contribution in [0.25, 0.3) is 0 Å². The van der Waals surface area contributed by atoms with Crippen LogP contribution in [0.15, 0.2) is 58.8 Å². The average molecular weight is 410 g/mol. The van der Waals surface area contributed by atoms with Crippen LogP contribution in [0.2, 0.25) is 5.02 Å². The predicted octanol–water partition coefficient (Wildman–Crippen LogP) is 3.56. The second-order valence-corrected chi connectivity index (χ2v) is 7.98.